The van der Waals surface area contributed by atoms with Gasteiger partial charge in [-0.3, -0.25) is 4.79 Å². The van der Waals surface area contributed by atoms with Crippen molar-refractivity contribution in [3.8, 4) is 0 Å². The van der Waals surface area contributed by atoms with Gasteiger partial charge in [0.25, 0.3) is 5.91 Å². The summed E-state index contributed by atoms with van der Waals surface area (Å²) in [6.45, 7) is 0. The quantitative estimate of drug-likeness (QED) is 0.906. The Morgan fingerprint density at radius 1 is 1.20 bits per heavy atom. The molecule has 2 N–H and O–H groups in total. The summed E-state index contributed by atoms with van der Waals surface area (Å²) < 4.78 is 13.0. The molecule has 1 aromatic carbocycles. The van der Waals surface area contributed by atoms with Gasteiger partial charge in [-0.05, 0) is 30.3 Å². The average molecular weight is 296 g/mol. The van der Waals surface area contributed by atoms with E-state index in [1.54, 1.807) is 0 Å². The van der Waals surface area contributed by atoms with Crippen LogP contribution in [0.2, 0.25) is 5.15 Å². The SMILES string of the molecule is O=C(Nc1ccc(F)cc1C(=O)O)c1ccc(Cl)nn1. The van der Waals surface area contributed by atoms with Crippen molar-refractivity contribution in [1.82, 2.24) is 10.2 Å². The second-order valence-corrected chi connectivity index (χ2v) is 4.08. The molecule has 0 aliphatic heterocycles. The highest BCUT2D eigenvalue weighted by atomic mass is 35.5. The normalized spacial score (nSPS) is 10.1. The van der Waals surface area contributed by atoms with Crippen molar-refractivity contribution < 1.29 is 19.1 Å². The van der Waals surface area contributed by atoms with E-state index in [1.165, 1.54) is 12.1 Å². The summed E-state index contributed by atoms with van der Waals surface area (Å²) in [4.78, 5) is 22.8. The molecular weight excluding hydrogens is 289 g/mol. The first-order valence-electron chi connectivity index (χ1n) is 5.31. The second-order valence-electron chi connectivity index (χ2n) is 3.69. The van der Waals surface area contributed by atoms with E-state index in [0.717, 1.165) is 18.2 Å². The van der Waals surface area contributed by atoms with Crippen molar-refractivity contribution in [3.63, 3.8) is 0 Å². The Hall–Kier alpha value is -2.54. The maximum Gasteiger partial charge on any atom is 0.337 e. The lowest BCUT2D eigenvalue weighted by Crippen LogP contribution is -2.16. The fourth-order valence-electron chi connectivity index (χ4n) is 1.43. The number of aromatic carboxylic acids is 1. The Morgan fingerprint density at radius 3 is 2.55 bits per heavy atom. The summed E-state index contributed by atoms with van der Waals surface area (Å²) in [6, 6.07) is 5.70. The molecule has 0 fully saturated rings. The molecule has 0 spiro atoms. The van der Waals surface area contributed by atoms with Crippen LogP contribution in [0.1, 0.15) is 20.8 Å². The van der Waals surface area contributed by atoms with Gasteiger partial charge in [0.1, 0.15) is 5.82 Å². The third-order valence-corrected chi connectivity index (χ3v) is 2.53. The van der Waals surface area contributed by atoms with Gasteiger partial charge in [-0.25, -0.2) is 9.18 Å². The van der Waals surface area contributed by atoms with Crippen LogP contribution in [0.15, 0.2) is 30.3 Å². The molecule has 0 atom stereocenters. The monoisotopic (exact) mass is 295 g/mol. The number of rotatable bonds is 3. The van der Waals surface area contributed by atoms with Crippen molar-refractivity contribution in [2.45, 2.75) is 0 Å². The number of amides is 1. The molecule has 0 unspecified atom stereocenters. The van der Waals surface area contributed by atoms with Crippen molar-refractivity contribution >= 4 is 29.2 Å². The van der Waals surface area contributed by atoms with Gasteiger partial charge in [0.15, 0.2) is 10.8 Å². The Bertz CT molecular complexity index is 676. The van der Waals surface area contributed by atoms with Crippen molar-refractivity contribution in [1.29, 1.82) is 0 Å². The van der Waals surface area contributed by atoms with Gasteiger partial charge < -0.3 is 10.4 Å². The molecule has 0 radical (unpaired) electrons. The lowest BCUT2D eigenvalue weighted by atomic mass is 10.1. The van der Waals surface area contributed by atoms with Crippen molar-refractivity contribution in [2.75, 3.05) is 5.32 Å². The number of carbonyl (C=O) groups is 2. The van der Waals surface area contributed by atoms with Gasteiger partial charge in [0.05, 0.1) is 11.3 Å². The Balaban J connectivity index is 2.28. The van der Waals surface area contributed by atoms with Crippen LogP contribution in [0.3, 0.4) is 0 Å². The first-order chi connectivity index (χ1) is 9.47. The lowest BCUT2D eigenvalue weighted by Gasteiger charge is -2.07. The molecule has 0 aliphatic carbocycles. The second kappa shape index (κ2) is 5.62. The van der Waals surface area contributed by atoms with Gasteiger partial charge in [-0.1, -0.05) is 11.6 Å². The maximum atomic E-state index is 13.0. The fraction of sp³-hybridized carbons (Fsp3) is 0. The molecule has 0 saturated heterocycles. The summed E-state index contributed by atoms with van der Waals surface area (Å²) in [6.07, 6.45) is 0. The standard InChI is InChI=1S/C12H7ClFN3O3/c13-10-4-3-9(16-17-10)11(18)15-8-2-1-6(14)5-7(8)12(19)20/h1-5H,(H,15,18)(H,19,20). The topological polar surface area (TPSA) is 92.2 Å². The predicted octanol–water partition coefficient (Wildman–Crippen LogP) is 2.22. The third kappa shape index (κ3) is 3.07. The highest BCUT2D eigenvalue weighted by Crippen LogP contribution is 2.18. The number of nitrogens with zero attached hydrogens (tertiary/aromatic N) is 2. The van der Waals surface area contributed by atoms with Crippen LogP contribution in [0, 0.1) is 5.82 Å². The van der Waals surface area contributed by atoms with Gasteiger partial charge in [0, 0.05) is 0 Å². The smallest absolute Gasteiger partial charge is 0.337 e. The van der Waals surface area contributed by atoms with E-state index in [2.05, 4.69) is 15.5 Å². The van der Waals surface area contributed by atoms with Crippen LogP contribution in [0.5, 0.6) is 0 Å². The van der Waals surface area contributed by atoms with E-state index in [4.69, 9.17) is 16.7 Å². The lowest BCUT2D eigenvalue weighted by molar-refractivity contribution is 0.0697. The van der Waals surface area contributed by atoms with Gasteiger partial charge in [0.2, 0.25) is 0 Å². The zero-order valence-corrected chi connectivity index (χ0v) is 10.6. The van der Waals surface area contributed by atoms with Crippen molar-refractivity contribution in [2.24, 2.45) is 0 Å². The largest absolute Gasteiger partial charge is 0.478 e. The molecule has 0 bridgehead atoms. The van der Waals surface area contributed by atoms with E-state index in [-0.39, 0.29) is 22.1 Å². The first-order valence-corrected chi connectivity index (χ1v) is 5.68. The number of benzene rings is 1. The number of carbonyl (C=O) groups excluding carboxylic acids is 1. The van der Waals surface area contributed by atoms with Crippen LogP contribution in [0.4, 0.5) is 10.1 Å². The molecule has 2 rings (SSSR count). The molecule has 6 nitrogen and oxygen atoms in total. The van der Waals surface area contributed by atoms with Crippen LogP contribution < -0.4 is 5.32 Å². The molecule has 2 aromatic rings. The summed E-state index contributed by atoms with van der Waals surface area (Å²) in [5.41, 5.74) is -0.448. The fourth-order valence-corrected chi connectivity index (χ4v) is 1.53. The predicted molar refractivity (Wildman–Crippen MR) is 68.4 cm³/mol. The number of anilines is 1. The summed E-state index contributed by atoms with van der Waals surface area (Å²) in [5, 5.41) is 18.4. The minimum atomic E-state index is -1.36. The van der Waals surface area contributed by atoms with Gasteiger partial charge in [-0.2, -0.15) is 0 Å². The molecule has 102 valence electrons. The van der Waals surface area contributed by atoms with Crippen LogP contribution in [-0.4, -0.2) is 27.2 Å². The molecular formula is C12H7ClFN3O3. The van der Waals surface area contributed by atoms with Crippen LogP contribution in [-0.2, 0) is 0 Å². The van der Waals surface area contributed by atoms with Crippen LogP contribution >= 0.6 is 11.6 Å². The first kappa shape index (κ1) is 13.9. The van der Waals surface area contributed by atoms with Crippen molar-refractivity contribution in [3.05, 3.63) is 52.6 Å². The van der Waals surface area contributed by atoms with E-state index in [9.17, 15) is 14.0 Å². The number of halogens is 2. The Kier molecular flexibility index (Phi) is 3.90. The van der Waals surface area contributed by atoms with E-state index in [1.807, 2.05) is 0 Å². The molecule has 1 heterocycles. The Labute approximate surface area is 117 Å². The molecule has 8 heteroatoms. The summed E-state index contributed by atoms with van der Waals surface area (Å²) in [5.74, 6) is -2.75. The average Bonchev–Trinajstić information content (AvgIpc) is 2.41. The van der Waals surface area contributed by atoms with Gasteiger partial charge >= 0.3 is 5.97 Å². The number of nitrogens with one attached hydrogen (secondary N) is 1. The molecule has 1 aromatic heterocycles. The molecule has 0 aliphatic rings. The number of hydrogen-bond donors (Lipinski definition) is 2. The van der Waals surface area contributed by atoms with Crippen LogP contribution in [0.25, 0.3) is 0 Å². The number of carboxylic acids is 1. The zero-order chi connectivity index (χ0) is 14.7. The highest BCUT2D eigenvalue weighted by Gasteiger charge is 2.15. The summed E-state index contributed by atoms with van der Waals surface area (Å²) in [7, 11) is 0. The molecule has 20 heavy (non-hydrogen) atoms. The van der Waals surface area contributed by atoms with E-state index in [0.29, 0.717) is 0 Å². The van der Waals surface area contributed by atoms with E-state index >= 15 is 0 Å². The molecule has 0 saturated carbocycles. The minimum Gasteiger partial charge on any atom is -0.478 e. The summed E-state index contributed by atoms with van der Waals surface area (Å²) >= 11 is 5.54. The number of hydrogen-bond acceptors (Lipinski definition) is 4. The molecule has 1 amide bonds. The number of carboxylic acid groups (broad SMARTS) is 1. The maximum absolute atomic E-state index is 13.0. The number of aromatic nitrogens is 2. The zero-order valence-electron chi connectivity index (χ0n) is 9.80. The van der Waals surface area contributed by atoms with Gasteiger partial charge in [-0.15, -0.1) is 10.2 Å². The Morgan fingerprint density at radius 2 is 1.95 bits per heavy atom. The third-order valence-electron chi connectivity index (χ3n) is 2.32. The minimum absolute atomic E-state index is 0.0411. The van der Waals surface area contributed by atoms with E-state index < -0.39 is 17.7 Å². The highest BCUT2D eigenvalue weighted by molar-refractivity contribution is 6.29.